The van der Waals surface area contributed by atoms with Crippen molar-refractivity contribution < 1.29 is 9.18 Å². The molecule has 0 aliphatic carbocycles. The summed E-state index contributed by atoms with van der Waals surface area (Å²) in [4.78, 5) is 15.8. The second-order valence-electron chi connectivity index (χ2n) is 4.11. The van der Waals surface area contributed by atoms with Crippen LogP contribution in [0, 0.1) is 12.7 Å². The monoisotopic (exact) mass is 259 g/mol. The number of hydrogen-bond donors (Lipinski definition) is 2. The zero-order valence-electron chi connectivity index (χ0n) is 10.7. The van der Waals surface area contributed by atoms with Crippen LogP contribution in [-0.2, 0) is 0 Å². The molecule has 98 valence electrons. The number of nitrogens with one attached hydrogen (secondary N) is 2. The van der Waals surface area contributed by atoms with Crippen molar-refractivity contribution in [3.8, 4) is 0 Å². The predicted molar refractivity (Wildman–Crippen MR) is 72.9 cm³/mol. The lowest BCUT2D eigenvalue weighted by Crippen LogP contribution is -2.15. The second-order valence-corrected chi connectivity index (χ2v) is 4.11. The number of halogens is 1. The minimum Gasteiger partial charge on any atom is -0.387 e. The van der Waals surface area contributed by atoms with Crippen LogP contribution in [0.5, 0.6) is 0 Å². The summed E-state index contributed by atoms with van der Waals surface area (Å²) in [7, 11) is 1.73. The maximum atomic E-state index is 13.4. The number of rotatable bonds is 3. The molecule has 0 bridgehead atoms. The van der Waals surface area contributed by atoms with Crippen molar-refractivity contribution in [3.63, 3.8) is 0 Å². The fourth-order valence-corrected chi connectivity index (χ4v) is 1.73. The molecule has 1 heterocycles. The van der Waals surface area contributed by atoms with E-state index in [-0.39, 0.29) is 11.6 Å². The molecule has 0 saturated carbocycles. The number of hydrogen-bond acceptors (Lipinski definition) is 3. The summed E-state index contributed by atoms with van der Waals surface area (Å²) in [5, 5.41) is 5.47. The molecule has 2 rings (SSSR count). The summed E-state index contributed by atoms with van der Waals surface area (Å²) in [5.41, 5.74) is 2.24. The Balaban J connectivity index is 2.30. The summed E-state index contributed by atoms with van der Waals surface area (Å²) in [5.74, 6) is -0.923. The van der Waals surface area contributed by atoms with Crippen molar-refractivity contribution in [1.29, 1.82) is 0 Å². The number of pyridine rings is 1. The molecule has 1 aromatic carbocycles. The first-order valence-corrected chi connectivity index (χ1v) is 5.81. The highest BCUT2D eigenvalue weighted by Crippen LogP contribution is 2.19. The van der Waals surface area contributed by atoms with E-state index in [0.29, 0.717) is 11.3 Å². The first-order chi connectivity index (χ1) is 9.11. The molecule has 0 fully saturated rings. The van der Waals surface area contributed by atoms with Gasteiger partial charge in [-0.3, -0.25) is 9.78 Å². The first-order valence-electron chi connectivity index (χ1n) is 5.81. The molecule has 4 nitrogen and oxygen atoms in total. The van der Waals surface area contributed by atoms with Crippen LogP contribution >= 0.6 is 0 Å². The van der Waals surface area contributed by atoms with Crippen LogP contribution in [0.1, 0.15) is 15.9 Å². The molecule has 0 spiro atoms. The summed E-state index contributed by atoms with van der Waals surface area (Å²) in [6, 6.07) is 6.88. The van der Waals surface area contributed by atoms with Gasteiger partial charge in [0.05, 0.1) is 17.4 Å². The zero-order chi connectivity index (χ0) is 13.8. The molecule has 0 atom stereocenters. The molecule has 0 radical (unpaired) electrons. The summed E-state index contributed by atoms with van der Waals surface area (Å²) in [6.07, 6.45) is 2.48. The highest BCUT2D eigenvalue weighted by atomic mass is 19.1. The minimum atomic E-state index is -0.561. The lowest BCUT2D eigenvalue weighted by molar-refractivity contribution is 0.102. The third-order valence-electron chi connectivity index (χ3n) is 2.71. The molecule has 1 aromatic heterocycles. The van der Waals surface area contributed by atoms with Gasteiger partial charge in [0.1, 0.15) is 0 Å². The molecule has 0 unspecified atom stereocenters. The van der Waals surface area contributed by atoms with E-state index >= 15 is 0 Å². The van der Waals surface area contributed by atoms with Crippen LogP contribution < -0.4 is 10.6 Å². The Morgan fingerprint density at radius 3 is 2.74 bits per heavy atom. The van der Waals surface area contributed by atoms with Crippen molar-refractivity contribution in [3.05, 3.63) is 53.6 Å². The highest BCUT2D eigenvalue weighted by Gasteiger charge is 2.13. The van der Waals surface area contributed by atoms with Gasteiger partial charge in [0.2, 0.25) is 0 Å². The average Bonchev–Trinajstić information content (AvgIpc) is 2.41. The van der Waals surface area contributed by atoms with E-state index in [9.17, 15) is 9.18 Å². The molecule has 0 saturated heterocycles. The first kappa shape index (κ1) is 13.0. The van der Waals surface area contributed by atoms with Crippen LogP contribution in [0.15, 0.2) is 36.7 Å². The largest absolute Gasteiger partial charge is 0.387 e. The topological polar surface area (TPSA) is 54.0 Å². The van der Waals surface area contributed by atoms with Crippen LogP contribution in [-0.4, -0.2) is 17.9 Å². The number of aryl methyl sites for hydroxylation is 1. The molecule has 2 aromatic rings. The molecule has 0 aliphatic rings. The summed E-state index contributed by atoms with van der Waals surface area (Å²) < 4.78 is 13.4. The lowest BCUT2D eigenvalue weighted by Gasteiger charge is -2.11. The number of nitrogens with zero attached hydrogens (tertiary/aromatic N) is 1. The van der Waals surface area contributed by atoms with E-state index < -0.39 is 5.82 Å². The summed E-state index contributed by atoms with van der Waals surface area (Å²) in [6.45, 7) is 1.89. The Kier molecular flexibility index (Phi) is 3.75. The van der Waals surface area contributed by atoms with Gasteiger partial charge in [0.15, 0.2) is 5.82 Å². The molecular weight excluding hydrogens is 245 g/mol. The van der Waals surface area contributed by atoms with Crippen molar-refractivity contribution in [2.45, 2.75) is 6.92 Å². The third kappa shape index (κ3) is 2.88. The predicted octanol–water partition coefficient (Wildman–Crippen LogP) is 2.82. The third-order valence-corrected chi connectivity index (χ3v) is 2.71. The standard InChI is InChI=1S/C14H14FN3O/c1-9-3-4-12(16-2)10(7-9)14(19)18-13-5-6-17-8-11(13)15/h3-8,16H,1-2H3,(H,17,18,19). The maximum Gasteiger partial charge on any atom is 0.257 e. The van der Waals surface area contributed by atoms with Gasteiger partial charge in [-0.15, -0.1) is 0 Å². The molecule has 2 N–H and O–H groups in total. The van der Waals surface area contributed by atoms with E-state index in [1.54, 1.807) is 13.1 Å². The van der Waals surface area contributed by atoms with Gasteiger partial charge in [0.25, 0.3) is 5.91 Å². The number of aromatic nitrogens is 1. The van der Waals surface area contributed by atoms with Crippen molar-refractivity contribution >= 4 is 17.3 Å². The van der Waals surface area contributed by atoms with Crippen LogP contribution in [0.2, 0.25) is 0 Å². The van der Waals surface area contributed by atoms with Crippen molar-refractivity contribution in [1.82, 2.24) is 4.98 Å². The Morgan fingerprint density at radius 1 is 1.26 bits per heavy atom. The zero-order valence-corrected chi connectivity index (χ0v) is 10.7. The van der Waals surface area contributed by atoms with Crippen molar-refractivity contribution in [2.24, 2.45) is 0 Å². The number of anilines is 2. The van der Waals surface area contributed by atoms with E-state index in [1.165, 1.54) is 12.3 Å². The van der Waals surface area contributed by atoms with E-state index in [2.05, 4.69) is 15.6 Å². The Bertz CT molecular complexity index is 613. The minimum absolute atomic E-state index is 0.114. The van der Waals surface area contributed by atoms with E-state index in [0.717, 1.165) is 11.8 Å². The van der Waals surface area contributed by atoms with Crippen molar-refractivity contribution in [2.75, 3.05) is 17.7 Å². The van der Waals surface area contributed by atoms with Gasteiger partial charge < -0.3 is 10.6 Å². The maximum absolute atomic E-state index is 13.4. The fourth-order valence-electron chi connectivity index (χ4n) is 1.73. The van der Waals surface area contributed by atoms with Crippen LogP contribution in [0.4, 0.5) is 15.8 Å². The Labute approximate surface area is 110 Å². The summed E-state index contributed by atoms with van der Waals surface area (Å²) >= 11 is 0. The van der Waals surface area contributed by atoms with Gasteiger partial charge >= 0.3 is 0 Å². The molecular formula is C14H14FN3O. The van der Waals surface area contributed by atoms with Gasteiger partial charge in [-0.25, -0.2) is 4.39 Å². The quantitative estimate of drug-likeness (QED) is 0.891. The number of amides is 1. The number of benzene rings is 1. The van der Waals surface area contributed by atoms with Gasteiger partial charge in [-0.1, -0.05) is 11.6 Å². The SMILES string of the molecule is CNc1ccc(C)cc1C(=O)Nc1ccncc1F. The Morgan fingerprint density at radius 2 is 2.05 bits per heavy atom. The normalized spacial score (nSPS) is 10.1. The molecule has 19 heavy (non-hydrogen) atoms. The van der Waals surface area contributed by atoms with E-state index in [1.807, 2.05) is 19.1 Å². The highest BCUT2D eigenvalue weighted by molar-refractivity contribution is 6.08. The number of carbonyl (C=O) groups is 1. The smallest absolute Gasteiger partial charge is 0.257 e. The Hall–Kier alpha value is -2.43. The van der Waals surface area contributed by atoms with Gasteiger partial charge in [-0.05, 0) is 25.1 Å². The van der Waals surface area contributed by atoms with Gasteiger partial charge in [0, 0.05) is 18.9 Å². The molecule has 1 amide bonds. The number of carbonyl (C=O) groups excluding carboxylic acids is 1. The second kappa shape index (κ2) is 5.48. The average molecular weight is 259 g/mol. The van der Waals surface area contributed by atoms with Crippen LogP contribution in [0.25, 0.3) is 0 Å². The van der Waals surface area contributed by atoms with E-state index in [4.69, 9.17) is 0 Å². The molecule has 5 heteroatoms. The molecule has 0 aliphatic heterocycles. The van der Waals surface area contributed by atoms with Gasteiger partial charge in [-0.2, -0.15) is 0 Å². The lowest BCUT2D eigenvalue weighted by atomic mass is 10.1. The van der Waals surface area contributed by atoms with Crippen LogP contribution in [0.3, 0.4) is 0 Å². The fraction of sp³-hybridized carbons (Fsp3) is 0.143.